The van der Waals surface area contributed by atoms with Gasteiger partial charge in [0.05, 0.1) is 46.2 Å². The van der Waals surface area contributed by atoms with Crippen LogP contribution in [0.3, 0.4) is 0 Å². The van der Waals surface area contributed by atoms with E-state index in [1.807, 2.05) is 33.3 Å². The monoisotopic (exact) mass is 824 g/mol. The number of ether oxygens (including phenoxy) is 2. The summed E-state index contributed by atoms with van der Waals surface area (Å²) in [7, 11) is 1.15. The van der Waals surface area contributed by atoms with Crippen molar-refractivity contribution in [2.24, 2.45) is 0 Å². The largest absolute Gasteiger partial charge is 0.756 e. The third-order valence-electron chi connectivity index (χ3n) is 8.98. The Balaban J connectivity index is 4.59. The van der Waals surface area contributed by atoms with Gasteiger partial charge in [0.25, 0.3) is 7.82 Å². The third kappa shape index (κ3) is 41.7. The molecular formula is C46H82NO9P. The van der Waals surface area contributed by atoms with Crippen molar-refractivity contribution in [3.63, 3.8) is 0 Å². The van der Waals surface area contributed by atoms with Crippen molar-refractivity contribution in [3.05, 3.63) is 73.1 Å². The van der Waals surface area contributed by atoms with E-state index < -0.39 is 38.7 Å². The molecule has 1 unspecified atom stereocenters. The molecule has 0 saturated carbocycles. The zero-order chi connectivity index (χ0) is 42.3. The molecule has 0 spiro atoms. The Morgan fingerprint density at radius 2 is 1.19 bits per heavy atom. The van der Waals surface area contributed by atoms with Crippen LogP contribution >= 0.6 is 7.82 Å². The predicted octanol–water partition coefficient (Wildman–Crippen LogP) is 10.4. The smallest absolute Gasteiger partial charge is 0.306 e. The number of phosphoric acid groups is 1. The van der Waals surface area contributed by atoms with Crippen LogP contribution in [0.25, 0.3) is 0 Å². The summed E-state index contributed by atoms with van der Waals surface area (Å²) in [6.45, 7) is 4.35. The highest BCUT2D eigenvalue weighted by atomic mass is 31.2. The molecule has 57 heavy (non-hydrogen) atoms. The highest BCUT2D eigenvalue weighted by Gasteiger charge is 2.20. The lowest BCUT2D eigenvalue weighted by atomic mass is 10.1. The van der Waals surface area contributed by atoms with E-state index in [0.29, 0.717) is 30.3 Å². The van der Waals surface area contributed by atoms with E-state index in [0.717, 1.165) is 25.7 Å². The Bertz CT molecular complexity index is 1170. The quantitative estimate of drug-likeness (QED) is 0.0118. The first-order chi connectivity index (χ1) is 27.4. The Morgan fingerprint density at radius 1 is 0.667 bits per heavy atom. The van der Waals surface area contributed by atoms with Crippen molar-refractivity contribution in [1.82, 2.24) is 0 Å². The molecule has 330 valence electrons. The molecule has 0 saturated heterocycles. The average molecular weight is 824 g/mol. The predicted molar refractivity (Wildman–Crippen MR) is 233 cm³/mol. The molecule has 0 aromatic carbocycles. The maximum Gasteiger partial charge on any atom is 0.306 e. The van der Waals surface area contributed by atoms with Crippen LogP contribution in [0.1, 0.15) is 149 Å². The van der Waals surface area contributed by atoms with Crippen molar-refractivity contribution in [1.29, 1.82) is 0 Å². The summed E-state index contributed by atoms with van der Waals surface area (Å²) in [6, 6.07) is 0. The number of esters is 1. The Hall–Kier alpha value is -2.30. The van der Waals surface area contributed by atoms with Crippen LogP contribution in [-0.2, 0) is 27.9 Å². The number of carbonyl (C=O) groups is 1. The fourth-order valence-corrected chi connectivity index (χ4v) is 6.19. The Labute approximate surface area is 348 Å². The number of hydrogen-bond donors (Lipinski definition) is 2. The first-order valence-electron chi connectivity index (χ1n) is 21.9. The second kappa shape index (κ2) is 37.9. The van der Waals surface area contributed by atoms with Gasteiger partial charge in [-0.2, -0.15) is 0 Å². The highest BCUT2D eigenvalue weighted by Crippen LogP contribution is 2.38. The molecule has 0 aromatic rings. The summed E-state index contributed by atoms with van der Waals surface area (Å²) in [5.41, 5.74) is 0. The zero-order valence-corrected chi connectivity index (χ0v) is 37.4. The van der Waals surface area contributed by atoms with E-state index in [9.17, 15) is 24.5 Å². The van der Waals surface area contributed by atoms with Gasteiger partial charge in [-0.25, -0.2) is 0 Å². The second-order valence-electron chi connectivity index (χ2n) is 15.8. The van der Waals surface area contributed by atoms with Gasteiger partial charge in [-0.1, -0.05) is 132 Å². The van der Waals surface area contributed by atoms with Crippen molar-refractivity contribution >= 4 is 13.8 Å². The summed E-state index contributed by atoms with van der Waals surface area (Å²) in [5.74, 6) is -0.545. The van der Waals surface area contributed by atoms with E-state index in [4.69, 9.17) is 18.5 Å². The number of likely N-dealkylation sites (N-methyl/N-ethyl adjacent to an activating group) is 1. The molecule has 0 aliphatic heterocycles. The fraction of sp³-hybridized carbons (Fsp3) is 0.717. The summed E-state index contributed by atoms with van der Waals surface area (Å²) < 4.78 is 34.1. The van der Waals surface area contributed by atoms with Crippen LogP contribution in [0.4, 0.5) is 0 Å². The SMILES string of the molecule is CCCCC/C=C\C[C@H](O)/C=C/C=C/C=C\[C@H](O)CCCC(=O)O[C@H](CO/C=C/CCCCCCCC/C=C\CCCCCC)COP(=O)([O-])OCC[N+](C)(C)C. The third-order valence-corrected chi connectivity index (χ3v) is 9.95. The molecule has 11 heteroatoms. The molecule has 0 rings (SSSR count). The van der Waals surface area contributed by atoms with E-state index >= 15 is 0 Å². The second-order valence-corrected chi connectivity index (χ2v) is 17.2. The van der Waals surface area contributed by atoms with E-state index in [1.54, 1.807) is 42.7 Å². The lowest BCUT2D eigenvalue weighted by molar-refractivity contribution is -0.870. The number of carbonyl (C=O) groups excluding carboxylic acids is 1. The van der Waals surface area contributed by atoms with Crippen LogP contribution in [0.15, 0.2) is 73.1 Å². The van der Waals surface area contributed by atoms with Gasteiger partial charge in [0.1, 0.15) is 19.8 Å². The number of nitrogens with zero attached hydrogens (tertiary/aromatic N) is 1. The molecule has 0 aromatic heterocycles. The van der Waals surface area contributed by atoms with Crippen molar-refractivity contribution in [2.45, 2.75) is 167 Å². The van der Waals surface area contributed by atoms with Gasteiger partial charge in [0.15, 0.2) is 6.10 Å². The topological polar surface area (TPSA) is 135 Å². The van der Waals surface area contributed by atoms with Gasteiger partial charge >= 0.3 is 5.97 Å². The Morgan fingerprint density at radius 3 is 1.81 bits per heavy atom. The molecule has 0 amide bonds. The highest BCUT2D eigenvalue weighted by molar-refractivity contribution is 7.45. The first kappa shape index (κ1) is 54.7. The lowest BCUT2D eigenvalue weighted by Crippen LogP contribution is -2.37. The summed E-state index contributed by atoms with van der Waals surface area (Å²) in [6.07, 6.45) is 42.0. The number of hydrogen-bond acceptors (Lipinski definition) is 9. The molecule has 10 nitrogen and oxygen atoms in total. The molecular weight excluding hydrogens is 741 g/mol. The van der Waals surface area contributed by atoms with Crippen molar-refractivity contribution < 1.29 is 47.5 Å². The number of allylic oxidation sites excluding steroid dienone is 8. The molecule has 0 fully saturated rings. The van der Waals surface area contributed by atoms with Crippen LogP contribution in [0, 0.1) is 0 Å². The number of unbranched alkanes of at least 4 members (excludes halogenated alkanes) is 14. The molecule has 0 aliphatic carbocycles. The van der Waals surface area contributed by atoms with Gasteiger partial charge in [-0.05, 0) is 76.7 Å². The van der Waals surface area contributed by atoms with Gasteiger partial charge in [-0.15, -0.1) is 0 Å². The van der Waals surface area contributed by atoms with Crippen LogP contribution in [0.5, 0.6) is 0 Å². The van der Waals surface area contributed by atoms with Gasteiger partial charge < -0.3 is 38.1 Å². The molecule has 0 aliphatic rings. The molecule has 0 radical (unpaired) electrons. The number of phosphoric ester groups is 1. The summed E-state index contributed by atoms with van der Waals surface area (Å²) >= 11 is 0. The Kier molecular flexibility index (Phi) is 36.4. The van der Waals surface area contributed by atoms with Crippen molar-refractivity contribution in [3.8, 4) is 0 Å². The standard InChI is InChI=1S/C46H82NO9P/c1-6-8-10-12-14-15-16-17-18-19-20-21-22-23-27-31-39-53-41-45(42-55-57(51,52)54-40-38-47(3,4)5)56-46(50)37-32-36-44(49)35-30-26-25-29-34-43(48)33-28-24-13-11-9-7-2/h15-16,24-26,28-31,34-35,39,43-45,48-49H,6-14,17-23,27,32-33,36-38,40-42H2,1-5H3/b16-15-,26-25+,28-24-,34-29+,35-30-,39-31+/t43-,44-,45+/m0/s1. The average Bonchev–Trinajstić information content (AvgIpc) is 3.15. The molecule has 0 heterocycles. The first-order valence-corrected chi connectivity index (χ1v) is 23.4. The summed E-state index contributed by atoms with van der Waals surface area (Å²) in [5, 5.41) is 20.4. The minimum atomic E-state index is -4.61. The van der Waals surface area contributed by atoms with E-state index in [-0.39, 0.29) is 19.6 Å². The molecule has 2 N–H and O–H groups in total. The van der Waals surface area contributed by atoms with Gasteiger partial charge in [0, 0.05) is 6.42 Å². The molecule has 0 bridgehead atoms. The number of aliphatic hydroxyl groups excluding tert-OH is 2. The van der Waals surface area contributed by atoms with E-state index in [1.165, 1.54) is 83.5 Å². The number of rotatable bonds is 39. The minimum absolute atomic E-state index is 0.0333. The maximum atomic E-state index is 12.7. The van der Waals surface area contributed by atoms with E-state index in [2.05, 4.69) is 32.1 Å². The van der Waals surface area contributed by atoms with Gasteiger partial charge in [-0.3, -0.25) is 9.36 Å². The van der Waals surface area contributed by atoms with Crippen LogP contribution in [0.2, 0.25) is 0 Å². The normalized spacial score (nSPS) is 15.5. The van der Waals surface area contributed by atoms with Gasteiger partial charge in [0.2, 0.25) is 0 Å². The number of quaternary nitrogens is 1. The lowest BCUT2D eigenvalue weighted by Gasteiger charge is -2.28. The molecule has 4 atom stereocenters. The van der Waals surface area contributed by atoms with Crippen LogP contribution in [-0.4, -0.2) is 86.5 Å². The fourth-order valence-electron chi connectivity index (χ4n) is 5.46. The maximum absolute atomic E-state index is 12.7. The van der Waals surface area contributed by atoms with Crippen LogP contribution < -0.4 is 4.89 Å². The zero-order valence-electron chi connectivity index (χ0n) is 36.5. The van der Waals surface area contributed by atoms with Crippen molar-refractivity contribution in [2.75, 3.05) is 47.5 Å². The summed E-state index contributed by atoms with van der Waals surface area (Å²) in [4.78, 5) is 25.0. The minimum Gasteiger partial charge on any atom is -0.756 e. The number of aliphatic hydroxyl groups is 2.